The van der Waals surface area contributed by atoms with Gasteiger partial charge >= 0.3 is 5.69 Å². The summed E-state index contributed by atoms with van der Waals surface area (Å²) < 4.78 is 14.4. The molecule has 0 saturated heterocycles. The molecule has 0 fully saturated rings. The zero-order valence-corrected chi connectivity index (χ0v) is 9.52. The lowest BCUT2D eigenvalue weighted by Crippen LogP contribution is -1.94. The molecule has 19 heavy (non-hydrogen) atoms. The van der Waals surface area contributed by atoms with Crippen LogP contribution in [0.2, 0.25) is 0 Å². The number of hydrogen-bond donors (Lipinski definition) is 0. The predicted octanol–water partition coefficient (Wildman–Crippen LogP) is 2.44. The average Bonchev–Trinajstić information content (AvgIpc) is 2.83. The summed E-state index contributed by atoms with van der Waals surface area (Å²) in [5, 5.41) is 18.6. The van der Waals surface area contributed by atoms with E-state index in [1.807, 2.05) is 0 Å². The maximum atomic E-state index is 12.9. The third kappa shape index (κ3) is 1.81. The van der Waals surface area contributed by atoms with Gasteiger partial charge in [0.05, 0.1) is 4.92 Å². The van der Waals surface area contributed by atoms with E-state index < -0.39 is 4.92 Å². The van der Waals surface area contributed by atoms with Gasteiger partial charge in [-0.2, -0.15) is 0 Å². The molecule has 0 aliphatic heterocycles. The summed E-state index contributed by atoms with van der Waals surface area (Å²) in [6, 6.07) is 8.59. The molecule has 3 rings (SSSR count). The van der Waals surface area contributed by atoms with Gasteiger partial charge in [-0.1, -0.05) is 0 Å². The first-order valence-electron chi connectivity index (χ1n) is 5.41. The zero-order chi connectivity index (χ0) is 13.4. The van der Waals surface area contributed by atoms with Crippen molar-refractivity contribution >= 4 is 11.3 Å². The smallest absolute Gasteiger partial charge is 0.277 e. The Hall–Kier alpha value is -2.83. The minimum atomic E-state index is -0.515. The van der Waals surface area contributed by atoms with Crippen LogP contribution in [0.25, 0.3) is 17.0 Å². The van der Waals surface area contributed by atoms with Gasteiger partial charge in [0, 0.05) is 17.8 Å². The molecule has 0 atom stereocenters. The molecule has 1 aromatic carbocycles. The first-order chi connectivity index (χ1) is 9.16. The van der Waals surface area contributed by atoms with Crippen LogP contribution in [0.15, 0.2) is 42.6 Å². The van der Waals surface area contributed by atoms with Crippen molar-refractivity contribution in [3.8, 4) is 11.4 Å². The molecule has 0 unspecified atom stereocenters. The van der Waals surface area contributed by atoms with Crippen LogP contribution in [-0.2, 0) is 0 Å². The normalized spacial score (nSPS) is 10.8. The molecule has 7 heteroatoms. The topological polar surface area (TPSA) is 73.3 Å². The van der Waals surface area contributed by atoms with E-state index in [0.717, 1.165) is 0 Å². The first kappa shape index (κ1) is 11.3. The highest BCUT2D eigenvalue weighted by Gasteiger charge is 2.17. The van der Waals surface area contributed by atoms with Gasteiger partial charge in [0.2, 0.25) is 5.65 Å². The molecule has 0 radical (unpaired) electrons. The second kappa shape index (κ2) is 4.13. The quantitative estimate of drug-likeness (QED) is 0.522. The number of nitro groups is 1. The van der Waals surface area contributed by atoms with Crippen molar-refractivity contribution in [2.24, 2.45) is 0 Å². The number of hydrogen-bond acceptors (Lipinski definition) is 4. The maximum Gasteiger partial charge on any atom is 0.314 e. The Morgan fingerprint density at radius 2 is 1.89 bits per heavy atom. The van der Waals surface area contributed by atoms with Crippen LogP contribution >= 0.6 is 0 Å². The van der Waals surface area contributed by atoms with Gasteiger partial charge < -0.3 is 0 Å². The second-order valence-corrected chi connectivity index (χ2v) is 3.87. The molecule has 94 valence electrons. The lowest BCUT2D eigenvalue weighted by molar-refractivity contribution is -0.383. The lowest BCUT2D eigenvalue weighted by Gasteiger charge is -1.99. The van der Waals surface area contributed by atoms with Crippen molar-refractivity contribution in [2.45, 2.75) is 0 Å². The molecular weight excluding hydrogens is 251 g/mol. The monoisotopic (exact) mass is 258 g/mol. The summed E-state index contributed by atoms with van der Waals surface area (Å²) in [5.41, 5.74) is 0.671. The van der Waals surface area contributed by atoms with Crippen molar-refractivity contribution in [1.82, 2.24) is 14.6 Å². The van der Waals surface area contributed by atoms with Crippen molar-refractivity contribution in [2.75, 3.05) is 0 Å². The summed E-state index contributed by atoms with van der Waals surface area (Å²) in [6.45, 7) is 0. The molecule has 0 saturated carbocycles. The highest BCUT2D eigenvalue weighted by Crippen LogP contribution is 2.23. The van der Waals surface area contributed by atoms with E-state index in [0.29, 0.717) is 11.4 Å². The Kier molecular flexibility index (Phi) is 2.45. The third-order valence-corrected chi connectivity index (χ3v) is 2.71. The second-order valence-electron chi connectivity index (χ2n) is 3.87. The largest absolute Gasteiger partial charge is 0.314 e. The first-order valence-corrected chi connectivity index (χ1v) is 5.41. The van der Waals surface area contributed by atoms with Crippen molar-refractivity contribution in [1.29, 1.82) is 0 Å². The van der Waals surface area contributed by atoms with Crippen LogP contribution in [0.1, 0.15) is 0 Å². The number of aromatic nitrogens is 3. The summed E-state index contributed by atoms with van der Waals surface area (Å²) in [4.78, 5) is 10.4. The van der Waals surface area contributed by atoms with Gasteiger partial charge in [-0.15, -0.1) is 10.2 Å². The molecule has 0 spiro atoms. The van der Waals surface area contributed by atoms with Gasteiger partial charge in [0.25, 0.3) is 0 Å². The van der Waals surface area contributed by atoms with Gasteiger partial charge in [-0.3, -0.25) is 14.5 Å². The Morgan fingerprint density at radius 1 is 1.16 bits per heavy atom. The summed E-state index contributed by atoms with van der Waals surface area (Å²) >= 11 is 0. The van der Waals surface area contributed by atoms with Gasteiger partial charge in [0.15, 0.2) is 5.82 Å². The Labute approximate surface area is 106 Å². The van der Waals surface area contributed by atoms with E-state index in [9.17, 15) is 14.5 Å². The average molecular weight is 258 g/mol. The van der Waals surface area contributed by atoms with E-state index in [2.05, 4.69) is 10.2 Å². The standard InChI is InChI=1S/C12H7FN4O2/c13-9-5-3-8(4-6-9)11-14-15-12-10(17(18)19)2-1-7-16(11)12/h1-7H. The van der Waals surface area contributed by atoms with Crippen molar-refractivity contribution < 1.29 is 9.31 Å². The van der Waals surface area contributed by atoms with Crippen LogP contribution in [0.4, 0.5) is 10.1 Å². The van der Waals surface area contributed by atoms with Crippen LogP contribution in [0, 0.1) is 15.9 Å². The molecule has 0 bridgehead atoms. The summed E-state index contributed by atoms with van der Waals surface area (Å²) in [5.74, 6) is 0.0715. The number of fused-ring (bicyclic) bond motifs is 1. The van der Waals surface area contributed by atoms with Crippen LogP contribution in [0.3, 0.4) is 0 Å². The number of benzene rings is 1. The van der Waals surface area contributed by atoms with E-state index >= 15 is 0 Å². The van der Waals surface area contributed by atoms with E-state index in [-0.39, 0.29) is 17.2 Å². The van der Waals surface area contributed by atoms with Crippen LogP contribution in [-0.4, -0.2) is 19.5 Å². The molecule has 3 aromatic rings. The summed E-state index contributed by atoms with van der Waals surface area (Å²) in [7, 11) is 0. The fraction of sp³-hybridized carbons (Fsp3) is 0. The van der Waals surface area contributed by atoms with Gasteiger partial charge in [0.1, 0.15) is 5.82 Å². The van der Waals surface area contributed by atoms with E-state index in [1.54, 1.807) is 24.4 Å². The third-order valence-electron chi connectivity index (χ3n) is 2.71. The van der Waals surface area contributed by atoms with Crippen molar-refractivity contribution in [3.05, 3.63) is 58.5 Å². The molecular formula is C12H7FN4O2. The molecule has 2 heterocycles. The highest BCUT2D eigenvalue weighted by molar-refractivity contribution is 5.65. The molecule has 2 aromatic heterocycles. The molecule has 6 nitrogen and oxygen atoms in total. The lowest BCUT2D eigenvalue weighted by atomic mass is 10.2. The molecule has 0 aliphatic rings. The van der Waals surface area contributed by atoms with Crippen LogP contribution < -0.4 is 0 Å². The fourth-order valence-corrected chi connectivity index (χ4v) is 1.84. The molecule has 0 amide bonds. The number of halogens is 1. The van der Waals surface area contributed by atoms with Gasteiger partial charge in [-0.05, 0) is 30.3 Å². The minimum Gasteiger partial charge on any atom is -0.277 e. The number of nitrogens with zero attached hydrogens (tertiary/aromatic N) is 4. The number of pyridine rings is 1. The Bertz CT molecular complexity index is 767. The molecule has 0 aliphatic carbocycles. The minimum absolute atomic E-state index is 0.122. The van der Waals surface area contributed by atoms with Gasteiger partial charge in [-0.25, -0.2) is 4.39 Å². The van der Waals surface area contributed by atoms with E-state index in [1.165, 1.54) is 22.6 Å². The fourth-order valence-electron chi connectivity index (χ4n) is 1.84. The predicted molar refractivity (Wildman–Crippen MR) is 65.0 cm³/mol. The van der Waals surface area contributed by atoms with E-state index in [4.69, 9.17) is 0 Å². The maximum absolute atomic E-state index is 12.9. The number of rotatable bonds is 2. The Morgan fingerprint density at radius 3 is 2.58 bits per heavy atom. The SMILES string of the molecule is O=[N+]([O-])c1cccn2c(-c3ccc(F)cc3)nnc12. The van der Waals surface area contributed by atoms with Crippen LogP contribution in [0.5, 0.6) is 0 Å². The van der Waals surface area contributed by atoms with Crippen molar-refractivity contribution in [3.63, 3.8) is 0 Å². The molecule has 0 N–H and O–H groups in total. The zero-order valence-electron chi connectivity index (χ0n) is 9.52. The summed E-state index contributed by atoms with van der Waals surface area (Å²) in [6.07, 6.45) is 1.63. The highest BCUT2D eigenvalue weighted by atomic mass is 19.1. The Balaban J connectivity index is 2.24.